The van der Waals surface area contributed by atoms with Crippen LogP contribution in [0.4, 0.5) is 5.69 Å². The maximum absolute atomic E-state index is 6.27. The normalized spacial score (nSPS) is 15.3. The molecule has 0 amide bonds. The number of benzene rings is 2. The van der Waals surface area contributed by atoms with Crippen molar-refractivity contribution in [3.8, 4) is 0 Å². The molecule has 0 unspecified atom stereocenters. The fourth-order valence-electron chi connectivity index (χ4n) is 3.00. The number of hydrogen-bond acceptors (Lipinski definition) is 3. The second-order valence-electron chi connectivity index (χ2n) is 5.62. The molecule has 4 rings (SSSR count). The summed E-state index contributed by atoms with van der Waals surface area (Å²) in [5.41, 5.74) is 2.33. The first-order valence-corrected chi connectivity index (χ1v) is 9.00. The van der Waals surface area contributed by atoms with Crippen LogP contribution in [0, 0.1) is 0 Å². The van der Waals surface area contributed by atoms with Crippen molar-refractivity contribution in [1.82, 2.24) is 10.3 Å². The number of fused-ring (bicyclic) bond motifs is 1. The lowest BCUT2D eigenvalue weighted by Crippen LogP contribution is -2.43. The summed E-state index contributed by atoms with van der Waals surface area (Å²) >= 11 is 8.07. The maximum atomic E-state index is 6.27. The SMILES string of the molecule is Clc1cccc2c(Sc3ccccc3N3CCNCC3)c[nH]c12. The third-order valence-corrected chi connectivity index (χ3v) is 5.61. The van der Waals surface area contributed by atoms with Crippen LogP contribution >= 0.6 is 23.4 Å². The summed E-state index contributed by atoms with van der Waals surface area (Å²) < 4.78 is 0. The van der Waals surface area contributed by atoms with E-state index in [1.165, 1.54) is 20.9 Å². The first-order chi connectivity index (χ1) is 11.3. The lowest BCUT2D eigenvalue weighted by Gasteiger charge is -2.30. The van der Waals surface area contributed by atoms with Crippen LogP contribution in [0.2, 0.25) is 5.02 Å². The Balaban J connectivity index is 1.69. The van der Waals surface area contributed by atoms with Gasteiger partial charge in [-0.2, -0.15) is 0 Å². The quantitative estimate of drug-likeness (QED) is 0.739. The summed E-state index contributed by atoms with van der Waals surface area (Å²) in [5.74, 6) is 0. The van der Waals surface area contributed by atoms with Crippen molar-refractivity contribution in [3.63, 3.8) is 0 Å². The zero-order chi connectivity index (χ0) is 15.6. The highest BCUT2D eigenvalue weighted by molar-refractivity contribution is 7.99. The Bertz CT molecular complexity index is 824. The van der Waals surface area contributed by atoms with E-state index in [9.17, 15) is 0 Å². The van der Waals surface area contributed by atoms with Gasteiger partial charge in [0.15, 0.2) is 0 Å². The summed E-state index contributed by atoms with van der Waals surface area (Å²) in [5, 5.41) is 5.36. The highest BCUT2D eigenvalue weighted by Crippen LogP contribution is 2.39. The number of hydrogen-bond donors (Lipinski definition) is 2. The monoisotopic (exact) mass is 343 g/mol. The first-order valence-electron chi connectivity index (χ1n) is 7.81. The zero-order valence-electron chi connectivity index (χ0n) is 12.7. The lowest BCUT2D eigenvalue weighted by molar-refractivity contribution is 0.587. The van der Waals surface area contributed by atoms with E-state index in [0.717, 1.165) is 36.7 Å². The predicted octanol–water partition coefficient (Wildman–Crippen LogP) is 4.38. The van der Waals surface area contributed by atoms with Crippen molar-refractivity contribution >= 4 is 40.0 Å². The highest BCUT2D eigenvalue weighted by atomic mass is 35.5. The van der Waals surface area contributed by atoms with Crippen LogP contribution < -0.4 is 10.2 Å². The van der Waals surface area contributed by atoms with Crippen LogP contribution in [0.5, 0.6) is 0 Å². The van der Waals surface area contributed by atoms with Gasteiger partial charge < -0.3 is 15.2 Å². The zero-order valence-corrected chi connectivity index (χ0v) is 14.3. The van der Waals surface area contributed by atoms with Crippen LogP contribution in [0.15, 0.2) is 58.5 Å². The van der Waals surface area contributed by atoms with E-state index in [1.807, 2.05) is 12.1 Å². The molecule has 1 fully saturated rings. The molecule has 0 saturated carbocycles. The summed E-state index contributed by atoms with van der Waals surface area (Å²) in [6.07, 6.45) is 2.05. The van der Waals surface area contributed by atoms with E-state index < -0.39 is 0 Å². The number of H-pyrrole nitrogens is 1. The average molecular weight is 344 g/mol. The van der Waals surface area contributed by atoms with E-state index in [4.69, 9.17) is 11.6 Å². The van der Waals surface area contributed by atoms with E-state index in [-0.39, 0.29) is 0 Å². The number of anilines is 1. The number of aromatic amines is 1. The second kappa shape index (κ2) is 6.48. The third kappa shape index (κ3) is 2.94. The molecular formula is C18H18ClN3S. The molecule has 1 aliphatic heterocycles. The molecule has 0 bridgehead atoms. The van der Waals surface area contributed by atoms with Crippen LogP contribution in [-0.2, 0) is 0 Å². The molecule has 1 saturated heterocycles. The molecule has 3 aromatic rings. The predicted molar refractivity (Wildman–Crippen MR) is 99.0 cm³/mol. The van der Waals surface area contributed by atoms with Gasteiger partial charge in [-0.3, -0.25) is 0 Å². The van der Waals surface area contributed by atoms with Crippen LogP contribution in [-0.4, -0.2) is 31.2 Å². The van der Waals surface area contributed by atoms with Gasteiger partial charge in [0, 0.05) is 47.6 Å². The standard InChI is InChI=1S/C18H18ClN3S/c19-14-5-3-4-13-17(12-21-18(13)14)23-16-7-2-1-6-15(16)22-10-8-20-9-11-22/h1-7,12,20-21H,8-11H2. The van der Waals surface area contributed by atoms with Gasteiger partial charge in [0.05, 0.1) is 16.2 Å². The topological polar surface area (TPSA) is 31.1 Å². The molecule has 2 aromatic carbocycles. The fraction of sp³-hybridized carbons (Fsp3) is 0.222. The van der Waals surface area contributed by atoms with Gasteiger partial charge in [0.25, 0.3) is 0 Å². The molecule has 23 heavy (non-hydrogen) atoms. The lowest BCUT2D eigenvalue weighted by atomic mass is 10.2. The van der Waals surface area contributed by atoms with Crippen molar-refractivity contribution < 1.29 is 0 Å². The first kappa shape index (κ1) is 14.9. The molecule has 118 valence electrons. The minimum atomic E-state index is 0.768. The summed E-state index contributed by atoms with van der Waals surface area (Å²) in [7, 11) is 0. The van der Waals surface area contributed by atoms with E-state index in [0.29, 0.717) is 0 Å². The van der Waals surface area contributed by atoms with Gasteiger partial charge in [-0.15, -0.1) is 0 Å². The maximum Gasteiger partial charge on any atom is 0.0655 e. The number of aromatic nitrogens is 1. The largest absolute Gasteiger partial charge is 0.368 e. The van der Waals surface area contributed by atoms with E-state index in [2.05, 4.69) is 51.7 Å². The Morgan fingerprint density at radius 3 is 2.65 bits per heavy atom. The summed E-state index contributed by atoms with van der Waals surface area (Å²) in [6.45, 7) is 4.19. The van der Waals surface area contributed by atoms with Gasteiger partial charge in [-0.1, -0.05) is 47.6 Å². The number of nitrogens with zero attached hydrogens (tertiary/aromatic N) is 1. The van der Waals surface area contributed by atoms with Crippen molar-refractivity contribution in [2.24, 2.45) is 0 Å². The molecule has 1 aliphatic rings. The van der Waals surface area contributed by atoms with Crippen LogP contribution in [0.3, 0.4) is 0 Å². The van der Waals surface area contributed by atoms with Crippen LogP contribution in [0.1, 0.15) is 0 Å². The van der Waals surface area contributed by atoms with Crippen molar-refractivity contribution in [3.05, 3.63) is 53.7 Å². The summed E-state index contributed by atoms with van der Waals surface area (Å²) in [4.78, 5) is 8.26. The molecule has 5 heteroatoms. The highest BCUT2D eigenvalue weighted by Gasteiger charge is 2.16. The van der Waals surface area contributed by atoms with Gasteiger partial charge in [0.1, 0.15) is 0 Å². The molecule has 0 spiro atoms. The molecular weight excluding hydrogens is 326 g/mol. The summed E-state index contributed by atoms with van der Waals surface area (Å²) in [6, 6.07) is 14.7. The molecule has 3 nitrogen and oxygen atoms in total. The average Bonchev–Trinajstić information content (AvgIpc) is 3.01. The number of para-hydroxylation sites is 2. The number of nitrogens with one attached hydrogen (secondary N) is 2. The van der Waals surface area contributed by atoms with Gasteiger partial charge in [-0.25, -0.2) is 0 Å². The van der Waals surface area contributed by atoms with Gasteiger partial charge in [-0.05, 0) is 18.2 Å². The number of halogens is 1. The molecule has 2 N–H and O–H groups in total. The molecule has 0 atom stereocenters. The minimum absolute atomic E-state index is 0.768. The van der Waals surface area contributed by atoms with Crippen LogP contribution in [0.25, 0.3) is 10.9 Å². The number of piperazine rings is 1. The van der Waals surface area contributed by atoms with Crippen molar-refractivity contribution in [2.45, 2.75) is 9.79 Å². The van der Waals surface area contributed by atoms with Gasteiger partial charge >= 0.3 is 0 Å². The smallest absolute Gasteiger partial charge is 0.0655 e. The number of rotatable bonds is 3. The third-order valence-electron chi connectivity index (χ3n) is 4.17. The fourth-order valence-corrected chi connectivity index (χ4v) is 4.32. The molecule has 2 heterocycles. The Hall–Kier alpha value is -1.62. The second-order valence-corrected chi connectivity index (χ2v) is 7.11. The van der Waals surface area contributed by atoms with E-state index >= 15 is 0 Å². The molecule has 1 aromatic heterocycles. The van der Waals surface area contributed by atoms with Crippen molar-refractivity contribution in [2.75, 3.05) is 31.1 Å². The Morgan fingerprint density at radius 2 is 1.78 bits per heavy atom. The van der Waals surface area contributed by atoms with Gasteiger partial charge in [0.2, 0.25) is 0 Å². The Kier molecular flexibility index (Phi) is 4.21. The molecule has 0 radical (unpaired) electrons. The minimum Gasteiger partial charge on any atom is -0.368 e. The molecule has 0 aliphatic carbocycles. The Labute approximate surface area is 145 Å². The Morgan fingerprint density at radius 1 is 0.957 bits per heavy atom. The van der Waals surface area contributed by atoms with Crippen molar-refractivity contribution in [1.29, 1.82) is 0 Å². The van der Waals surface area contributed by atoms with E-state index in [1.54, 1.807) is 11.8 Å².